The van der Waals surface area contributed by atoms with Gasteiger partial charge >= 0.3 is 6.03 Å². The summed E-state index contributed by atoms with van der Waals surface area (Å²) in [5, 5.41) is 15.2. The minimum atomic E-state index is -0.359. The molecular formula is C17H24FN3O2. The number of aliphatic hydroxyl groups is 1. The standard InChI is InChI=1S/C17H24FN3O2/c18-13-8-14(10-15(9-13)21-6-1-2-7-21)20-17(23)19-11-12-4-3-5-16(12)22/h8-10,12,16,22H,1-7,11H2,(H2,19,20,23)/t12-,16-/m1/s1. The van der Waals surface area contributed by atoms with E-state index in [1.165, 1.54) is 12.1 Å². The molecule has 3 N–H and O–H groups in total. The Morgan fingerprint density at radius 2 is 2.00 bits per heavy atom. The lowest BCUT2D eigenvalue weighted by Crippen LogP contribution is -2.35. The molecule has 1 saturated heterocycles. The van der Waals surface area contributed by atoms with Crippen LogP contribution >= 0.6 is 0 Å². The minimum Gasteiger partial charge on any atom is -0.393 e. The highest BCUT2D eigenvalue weighted by atomic mass is 19.1. The zero-order chi connectivity index (χ0) is 16.2. The van der Waals surface area contributed by atoms with Crippen molar-refractivity contribution >= 4 is 17.4 Å². The lowest BCUT2D eigenvalue weighted by Gasteiger charge is -2.19. The topological polar surface area (TPSA) is 64.6 Å². The van der Waals surface area contributed by atoms with Crippen LogP contribution in [0, 0.1) is 11.7 Å². The van der Waals surface area contributed by atoms with Crippen molar-refractivity contribution in [2.45, 2.75) is 38.2 Å². The Labute approximate surface area is 135 Å². The summed E-state index contributed by atoms with van der Waals surface area (Å²) in [5.74, 6) is -0.232. The Balaban J connectivity index is 1.57. The molecule has 1 aliphatic carbocycles. The highest BCUT2D eigenvalue weighted by Gasteiger charge is 2.25. The lowest BCUT2D eigenvalue weighted by atomic mass is 10.1. The number of hydrogen-bond acceptors (Lipinski definition) is 3. The molecule has 0 spiro atoms. The second-order valence-corrected chi connectivity index (χ2v) is 6.49. The third-order valence-corrected chi connectivity index (χ3v) is 4.76. The molecule has 5 nitrogen and oxygen atoms in total. The second kappa shape index (κ2) is 7.17. The van der Waals surface area contributed by atoms with E-state index >= 15 is 0 Å². The molecule has 1 aromatic rings. The number of anilines is 2. The molecule has 1 heterocycles. The molecule has 2 amide bonds. The van der Waals surface area contributed by atoms with Crippen molar-refractivity contribution in [2.24, 2.45) is 5.92 Å². The maximum atomic E-state index is 13.8. The van der Waals surface area contributed by atoms with Crippen LogP contribution in [0.5, 0.6) is 0 Å². The summed E-state index contributed by atoms with van der Waals surface area (Å²) in [6.07, 6.45) is 4.63. The quantitative estimate of drug-likeness (QED) is 0.799. The van der Waals surface area contributed by atoms with Crippen molar-refractivity contribution in [2.75, 3.05) is 29.9 Å². The van der Waals surface area contributed by atoms with Crippen LogP contribution in [0.3, 0.4) is 0 Å². The van der Waals surface area contributed by atoms with Gasteiger partial charge in [-0.25, -0.2) is 9.18 Å². The molecular weight excluding hydrogens is 297 g/mol. The number of nitrogens with one attached hydrogen (secondary N) is 2. The molecule has 2 atom stereocenters. The average Bonchev–Trinajstić information content (AvgIpc) is 3.16. The number of nitrogens with zero attached hydrogens (tertiary/aromatic N) is 1. The number of carbonyl (C=O) groups excluding carboxylic acids is 1. The summed E-state index contributed by atoms with van der Waals surface area (Å²) in [4.78, 5) is 14.1. The van der Waals surface area contributed by atoms with Gasteiger partial charge in [-0.2, -0.15) is 0 Å². The van der Waals surface area contributed by atoms with Crippen molar-refractivity contribution in [3.05, 3.63) is 24.0 Å². The molecule has 1 saturated carbocycles. The maximum absolute atomic E-state index is 13.8. The Morgan fingerprint density at radius 3 is 2.70 bits per heavy atom. The Hall–Kier alpha value is -1.82. The summed E-state index contributed by atoms with van der Waals surface area (Å²) < 4.78 is 13.8. The van der Waals surface area contributed by atoms with Crippen molar-refractivity contribution in [1.29, 1.82) is 0 Å². The van der Waals surface area contributed by atoms with Gasteiger partial charge in [-0.15, -0.1) is 0 Å². The Kier molecular flexibility index (Phi) is 5.00. The maximum Gasteiger partial charge on any atom is 0.319 e. The first-order valence-corrected chi connectivity index (χ1v) is 8.40. The predicted octanol–water partition coefficient (Wildman–Crippen LogP) is 2.71. The van der Waals surface area contributed by atoms with Gasteiger partial charge in [0.15, 0.2) is 0 Å². The monoisotopic (exact) mass is 321 g/mol. The molecule has 1 aliphatic heterocycles. The number of amides is 2. The molecule has 0 aromatic heterocycles. The van der Waals surface area contributed by atoms with E-state index in [4.69, 9.17) is 0 Å². The van der Waals surface area contributed by atoms with Gasteiger partial charge in [0.05, 0.1) is 6.10 Å². The Morgan fingerprint density at radius 1 is 1.22 bits per heavy atom. The van der Waals surface area contributed by atoms with Crippen molar-refractivity contribution in [3.63, 3.8) is 0 Å². The van der Waals surface area contributed by atoms with Crippen LogP contribution in [0.1, 0.15) is 32.1 Å². The van der Waals surface area contributed by atoms with Gasteiger partial charge in [-0.1, -0.05) is 6.42 Å². The van der Waals surface area contributed by atoms with Crippen LogP contribution in [0.4, 0.5) is 20.6 Å². The third-order valence-electron chi connectivity index (χ3n) is 4.76. The van der Waals surface area contributed by atoms with E-state index in [9.17, 15) is 14.3 Å². The first-order valence-electron chi connectivity index (χ1n) is 8.40. The molecule has 6 heteroatoms. The highest BCUT2D eigenvalue weighted by molar-refractivity contribution is 5.89. The van der Waals surface area contributed by atoms with Crippen molar-refractivity contribution in [1.82, 2.24) is 5.32 Å². The van der Waals surface area contributed by atoms with Gasteiger partial charge in [-0.05, 0) is 43.9 Å². The van der Waals surface area contributed by atoms with Crippen LogP contribution in [-0.2, 0) is 0 Å². The second-order valence-electron chi connectivity index (χ2n) is 6.49. The molecule has 126 valence electrons. The summed E-state index contributed by atoms with van der Waals surface area (Å²) in [5.41, 5.74) is 1.26. The van der Waals surface area contributed by atoms with E-state index in [-0.39, 0.29) is 23.9 Å². The van der Waals surface area contributed by atoms with Crippen molar-refractivity contribution in [3.8, 4) is 0 Å². The smallest absolute Gasteiger partial charge is 0.319 e. The van der Waals surface area contributed by atoms with Gasteiger partial charge in [-0.3, -0.25) is 0 Å². The third kappa shape index (κ3) is 4.13. The zero-order valence-corrected chi connectivity index (χ0v) is 13.2. The van der Waals surface area contributed by atoms with E-state index in [2.05, 4.69) is 15.5 Å². The van der Waals surface area contributed by atoms with Gasteiger partial charge in [0, 0.05) is 36.9 Å². The number of rotatable bonds is 4. The molecule has 2 fully saturated rings. The fourth-order valence-electron chi connectivity index (χ4n) is 3.46. The van der Waals surface area contributed by atoms with Gasteiger partial charge in [0.25, 0.3) is 0 Å². The molecule has 23 heavy (non-hydrogen) atoms. The lowest BCUT2D eigenvalue weighted by molar-refractivity contribution is 0.133. The van der Waals surface area contributed by atoms with E-state index < -0.39 is 0 Å². The number of benzene rings is 1. The van der Waals surface area contributed by atoms with E-state index in [1.54, 1.807) is 6.07 Å². The predicted molar refractivity (Wildman–Crippen MR) is 88.2 cm³/mol. The van der Waals surface area contributed by atoms with Crippen LogP contribution < -0.4 is 15.5 Å². The Bertz CT molecular complexity index is 561. The SMILES string of the molecule is O=C(NC[C@H]1CCC[C@H]1O)Nc1cc(F)cc(N2CCCC2)c1. The molecule has 0 unspecified atom stereocenters. The number of halogens is 1. The van der Waals surface area contributed by atoms with Gasteiger partial charge < -0.3 is 20.6 Å². The summed E-state index contributed by atoms with van der Waals surface area (Å²) in [6, 6.07) is 4.27. The average molecular weight is 321 g/mol. The summed E-state index contributed by atoms with van der Waals surface area (Å²) in [6.45, 7) is 2.30. The fourth-order valence-corrected chi connectivity index (χ4v) is 3.46. The zero-order valence-electron chi connectivity index (χ0n) is 13.2. The largest absolute Gasteiger partial charge is 0.393 e. The van der Waals surface area contributed by atoms with Crippen LogP contribution in [0.2, 0.25) is 0 Å². The minimum absolute atomic E-state index is 0.119. The fraction of sp³-hybridized carbons (Fsp3) is 0.588. The summed E-state index contributed by atoms with van der Waals surface area (Å²) >= 11 is 0. The number of hydrogen-bond donors (Lipinski definition) is 3. The molecule has 3 rings (SSSR count). The summed E-state index contributed by atoms with van der Waals surface area (Å²) in [7, 11) is 0. The van der Waals surface area contributed by atoms with E-state index in [0.717, 1.165) is 50.9 Å². The van der Waals surface area contributed by atoms with Crippen LogP contribution in [-0.4, -0.2) is 36.9 Å². The number of aliphatic hydroxyl groups excluding tert-OH is 1. The molecule has 2 aliphatic rings. The molecule has 0 radical (unpaired) electrons. The van der Waals surface area contributed by atoms with Gasteiger partial charge in [0.2, 0.25) is 0 Å². The van der Waals surface area contributed by atoms with Crippen LogP contribution in [0.25, 0.3) is 0 Å². The first kappa shape index (κ1) is 16.1. The molecule has 0 bridgehead atoms. The first-order chi connectivity index (χ1) is 11.1. The normalized spacial score (nSPS) is 24.0. The van der Waals surface area contributed by atoms with Crippen LogP contribution in [0.15, 0.2) is 18.2 Å². The van der Waals surface area contributed by atoms with E-state index in [0.29, 0.717) is 12.2 Å². The van der Waals surface area contributed by atoms with E-state index in [1.807, 2.05) is 0 Å². The van der Waals surface area contributed by atoms with Gasteiger partial charge in [0.1, 0.15) is 5.82 Å². The molecule has 1 aromatic carbocycles. The van der Waals surface area contributed by atoms with Crippen molar-refractivity contribution < 1.29 is 14.3 Å². The number of carbonyl (C=O) groups is 1. The number of urea groups is 1. The highest BCUT2D eigenvalue weighted by Crippen LogP contribution is 2.26.